The number of nitrogens with zero attached hydrogens (tertiary/aromatic N) is 2. The first-order valence-electron chi connectivity index (χ1n) is 5.55. The molecule has 1 saturated heterocycles. The van der Waals surface area contributed by atoms with E-state index in [1.807, 2.05) is 0 Å². The van der Waals surface area contributed by atoms with Gasteiger partial charge in [0.05, 0.1) is 9.40 Å². The van der Waals surface area contributed by atoms with Crippen molar-refractivity contribution in [3.63, 3.8) is 0 Å². The van der Waals surface area contributed by atoms with Crippen molar-refractivity contribution in [2.75, 3.05) is 11.4 Å². The highest BCUT2D eigenvalue weighted by molar-refractivity contribution is 9.10. The van der Waals surface area contributed by atoms with Crippen LogP contribution in [-0.2, 0) is 4.79 Å². The van der Waals surface area contributed by atoms with Gasteiger partial charge in [0.1, 0.15) is 11.7 Å². The molecule has 19 heavy (non-hydrogen) atoms. The quantitative estimate of drug-likeness (QED) is 0.679. The van der Waals surface area contributed by atoms with E-state index in [1.54, 1.807) is 0 Å². The molecule has 0 spiro atoms. The van der Waals surface area contributed by atoms with Gasteiger partial charge in [0.2, 0.25) is 5.82 Å². The van der Waals surface area contributed by atoms with Crippen molar-refractivity contribution in [2.24, 2.45) is 0 Å². The van der Waals surface area contributed by atoms with Gasteiger partial charge >= 0.3 is 11.7 Å². The molecule has 1 fully saturated rings. The normalized spacial score (nSPS) is 18.6. The zero-order chi connectivity index (χ0) is 14.2. The number of carboxylic acids is 1. The number of halogens is 2. The van der Waals surface area contributed by atoms with Gasteiger partial charge < -0.3 is 10.0 Å². The molecule has 0 aliphatic carbocycles. The van der Waals surface area contributed by atoms with Gasteiger partial charge in [-0.25, -0.2) is 4.79 Å². The van der Waals surface area contributed by atoms with Gasteiger partial charge in [0, 0.05) is 6.54 Å². The van der Waals surface area contributed by atoms with E-state index in [-0.39, 0.29) is 10.2 Å². The first-order valence-corrected chi connectivity index (χ1v) is 6.34. The summed E-state index contributed by atoms with van der Waals surface area (Å²) in [7, 11) is 0. The molecule has 1 aromatic rings. The van der Waals surface area contributed by atoms with Crippen LogP contribution in [0.4, 0.5) is 15.8 Å². The largest absolute Gasteiger partial charge is 0.480 e. The van der Waals surface area contributed by atoms with Crippen LogP contribution in [0.1, 0.15) is 12.8 Å². The molecule has 1 atom stereocenters. The maximum absolute atomic E-state index is 13.8. The van der Waals surface area contributed by atoms with Gasteiger partial charge in [0.25, 0.3) is 0 Å². The Hall–Kier alpha value is -1.70. The van der Waals surface area contributed by atoms with E-state index >= 15 is 0 Å². The molecule has 0 aromatic heterocycles. The minimum absolute atomic E-state index is 0.00981. The highest BCUT2D eigenvalue weighted by Gasteiger charge is 2.36. The molecule has 1 aliphatic heterocycles. The van der Waals surface area contributed by atoms with E-state index in [0.29, 0.717) is 19.4 Å². The number of carbonyl (C=O) groups is 1. The second-order valence-corrected chi connectivity index (χ2v) is 5.03. The number of hydrogen-bond acceptors (Lipinski definition) is 4. The smallest absolute Gasteiger partial charge is 0.329 e. The topological polar surface area (TPSA) is 83.7 Å². The minimum atomic E-state index is -1.06. The molecule has 0 bridgehead atoms. The summed E-state index contributed by atoms with van der Waals surface area (Å²) in [4.78, 5) is 22.6. The highest BCUT2D eigenvalue weighted by atomic mass is 79.9. The molecule has 1 heterocycles. The van der Waals surface area contributed by atoms with Gasteiger partial charge in [-0.05, 0) is 40.9 Å². The Labute approximate surface area is 116 Å². The predicted molar refractivity (Wildman–Crippen MR) is 68.8 cm³/mol. The molecule has 1 aliphatic rings. The number of nitro benzene ring substituents is 1. The van der Waals surface area contributed by atoms with Gasteiger partial charge in [-0.15, -0.1) is 0 Å². The number of anilines is 1. The molecule has 2 rings (SSSR count). The maximum atomic E-state index is 13.8. The van der Waals surface area contributed by atoms with Crippen LogP contribution in [0.5, 0.6) is 0 Å². The number of carboxylic acid groups (broad SMARTS) is 1. The van der Waals surface area contributed by atoms with Crippen LogP contribution in [0.2, 0.25) is 0 Å². The maximum Gasteiger partial charge on any atom is 0.329 e. The van der Waals surface area contributed by atoms with E-state index in [4.69, 9.17) is 5.11 Å². The fourth-order valence-electron chi connectivity index (χ4n) is 2.25. The van der Waals surface area contributed by atoms with Crippen LogP contribution < -0.4 is 4.90 Å². The molecular formula is C11H10BrFN2O4. The molecule has 6 nitrogen and oxygen atoms in total. The molecule has 8 heteroatoms. The summed E-state index contributed by atoms with van der Waals surface area (Å²) >= 11 is 2.89. The van der Waals surface area contributed by atoms with E-state index in [0.717, 1.165) is 0 Å². The number of nitro groups is 1. The van der Waals surface area contributed by atoms with Crippen LogP contribution in [0.15, 0.2) is 16.6 Å². The molecule has 0 saturated carbocycles. The monoisotopic (exact) mass is 332 g/mol. The van der Waals surface area contributed by atoms with Crippen molar-refractivity contribution in [3.8, 4) is 0 Å². The van der Waals surface area contributed by atoms with Gasteiger partial charge in [-0.3, -0.25) is 10.1 Å². The van der Waals surface area contributed by atoms with Gasteiger partial charge in [-0.2, -0.15) is 4.39 Å². The third-order valence-corrected chi connectivity index (χ3v) is 3.69. The molecule has 0 radical (unpaired) electrons. The molecule has 0 unspecified atom stereocenters. The fraction of sp³-hybridized carbons (Fsp3) is 0.364. The van der Waals surface area contributed by atoms with Crippen LogP contribution in [-0.4, -0.2) is 28.6 Å². The van der Waals surface area contributed by atoms with Crippen LogP contribution in [0.3, 0.4) is 0 Å². The summed E-state index contributed by atoms with van der Waals surface area (Å²) in [5.74, 6) is -2.05. The standard InChI is InChI=1S/C11H10BrFN2O4/c12-6-3-4-7(10(9(6)13)15(18)19)14-5-1-2-8(14)11(16)17/h3-4,8H,1-2,5H2,(H,16,17)/t8-/m0/s1. The van der Waals surface area contributed by atoms with Crippen molar-refractivity contribution < 1.29 is 19.2 Å². The summed E-state index contributed by atoms with van der Waals surface area (Å²) in [6.45, 7) is 0.360. The molecule has 1 aromatic carbocycles. The number of aliphatic carboxylic acids is 1. The molecule has 0 amide bonds. The molecule has 1 N–H and O–H groups in total. The Bertz CT molecular complexity index is 552. The van der Waals surface area contributed by atoms with Crippen LogP contribution >= 0.6 is 15.9 Å². The predicted octanol–water partition coefficient (Wildman–Crippen LogP) is 2.55. The Morgan fingerprint density at radius 3 is 2.84 bits per heavy atom. The summed E-state index contributed by atoms with van der Waals surface area (Å²) in [5.41, 5.74) is -0.682. The summed E-state index contributed by atoms with van der Waals surface area (Å²) in [6, 6.07) is 1.86. The lowest BCUT2D eigenvalue weighted by Crippen LogP contribution is -2.36. The van der Waals surface area contributed by atoms with E-state index in [1.165, 1.54) is 17.0 Å². The van der Waals surface area contributed by atoms with Crippen molar-refractivity contribution in [2.45, 2.75) is 18.9 Å². The lowest BCUT2D eigenvalue weighted by Gasteiger charge is -2.23. The Balaban J connectivity index is 2.53. The van der Waals surface area contributed by atoms with E-state index in [9.17, 15) is 19.3 Å². The van der Waals surface area contributed by atoms with Crippen molar-refractivity contribution in [3.05, 3.63) is 32.5 Å². The van der Waals surface area contributed by atoms with Crippen molar-refractivity contribution in [1.82, 2.24) is 0 Å². The fourth-order valence-corrected chi connectivity index (χ4v) is 2.57. The summed E-state index contributed by atoms with van der Waals surface area (Å²) in [5, 5.41) is 20.1. The second-order valence-electron chi connectivity index (χ2n) is 4.18. The van der Waals surface area contributed by atoms with Gasteiger partial charge in [-0.1, -0.05) is 0 Å². The van der Waals surface area contributed by atoms with Crippen LogP contribution in [0, 0.1) is 15.9 Å². The van der Waals surface area contributed by atoms with Gasteiger partial charge in [0.15, 0.2) is 0 Å². The number of rotatable bonds is 3. The van der Waals surface area contributed by atoms with Crippen LogP contribution in [0.25, 0.3) is 0 Å². The van der Waals surface area contributed by atoms with E-state index in [2.05, 4.69) is 15.9 Å². The van der Waals surface area contributed by atoms with E-state index < -0.39 is 28.4 Å². The third kappa shape index (κ3) is 2.40. The Kier molecular flexibility index (Phi) is 3.70. The van der Waals surface area contributed by atoms with Crippen molar-refractivity contribution >= 4 is 33.3 Å². The molecular weight excluding hydrogens is 323 g/mol. The number of hydrogen-bond donors (Lipinski definition) is 1. The Morgan fingerprint density at radius 2 is 2.26 bits per heavy atom. The first kappa shape index (κ1) is 13.7. The van der Waals surface area contributed by atoms with Crippen molar-refractivity contribution in [1.29, 1.82) is 0 Å². The summed E-state index contributed by atoms with van der Waals surface area (Å²) in [6.07, 6.45) is 0.996. The molecule has 102 valence electrons. The lowest BCUT2D eigenvalue weighted by atomic mass is 10.2. The minimum Gasteiger partial charge on any atom is -0.480 e. The highest BCUT2D eigenvalue weighted by Crippen LogP contribution is 2.38. The zero-order valence-electron chi connectivity index (χ0n) is 9.68. The first-order chi connectivity index (χ1) is 8.93. The SMILES string of the molecule is O=C(O)[C@@H]1CCCN1c1ccc(Br)c(F)c1[N+](=O)[O-]. The average molecular weight is 333 g/mol. The lowest BCUT2D eigenvalue weighted by molar-refractivity contribution is -0.386. The number of benzene rings is 1. The zero-order valence-corrected chi connectivity index (χ0v) is 11.3. The third-order valence-electron chi connectivity index (χ3n) is 3.08. The Morgan fingerprint density at radius 1 is 1.58 bits per heavy atom. The second kappa shape index (κ2) is 5.12. The average Bonchev–Trinajstić information content (AvgIpc) is 2.80. The summed E-state index contributed by atoms with van der Waals surface area (Å²) < 4.78 is 13.8.